The lowest BCUT2D eigenvalue weighted by molar-refractivity contribution is 0.0657. The lowest BCUT2D eigenvalue weighted by Gasteiger charge is -2.33. The Morgan fingerprint density at radius 2 is 2.28 bits per heavy atom. The van der Waals surface area contributed by atoms with Gasteiger partial charge in [0.1, 0.15) is 11.8 Å². The van der Waals surface area contributed by atoms with Crippen molar-refractivity contribution in [3.63, 3.8) is 0 Å². The van der Waals surface area contributed by atoms with Gasteiger partial charge in [-0.2, -0.15) is 0 Å². The number of fused-ring (bicyclic) bond motifs is 1. The van der Waals surface area contributed by atoms with E-state index >= 15 is 0 Å². The smallest absolute Gasteiger partial charge is 0.258 e. The fourth-order valence-corrected chi connectivity index (χ4v) is 2.44. The lowest BCUT2D eigenvalue weighted by Crippen LogP contribution is -2.52. The van der Waals surface area contributed by atoms with E-state index in [1.165, 1.54) is 0 Å². The van der Waals surface area contributed by atoms with Gasteiger partial charge in [0.25, 0.3) is 5.91 Å². The third-order valence-electron chi connectivity index (χ3n) is 3.47. The van der Waals surface area contributed by atoms with Crippen molar-refractivity contribution in [2.75, 3.05) is 19.6 Å². The highest BCUT2D eigenvalue weighted by molar-refractivity contribution is 6.06. The maximum absolute atomic E-state index is 12.5. The molecule has 0 saturated carbocycles. The quantitative estimate of drug-likeness (QED) is 0.833. The SMILES string of the molecule is C[C@H]1CNCCN1C(=O)c1coc2ccccc12. The summed E-state index contributed by atoms with van der Waals surface area (Å²) in [6.07, 6.45) is 1.57. The first-order valence-corrected chi connectivity index (χ1v) is 6.25. The van der Waals surface area contributed by atoms with E-state index in [2.05, 4.69) is 12.2 Å². The Morgan fingerprint density at radius 1 is 1.44 bits per heavy atom. The Kier molecular flexibility index (Phi) is 2.80. The highest BCUT2D eigenvalue weighted by Crippen LogP contribution is 2.23. The van der Waals surface area contributed by atoms with Gasteiger partial charge < -0.3 is 14.6 Å². The molecule has 4 nitrogen and oxygen atoms in total. The number of benzene rings is 1. The minimum Gasteiger partial charge on any atom is -0.463 e. The average molecular weight is 244 g/mol. The monoisotopic (exact) mass is 244 g/mol. The molecule has 1 N–H and O–H groups in total. The van der Waals surface area contributed by atoms with Gasteiger partial charge >= 0.3 is 0 Å². The second-order valence-corrected chi connectivity index (χ2v) is 4.70. The standard InChI is InChI=1S/C14H16N2O2/c1-10-8-15-6-7-16(10)14(17)12-9-18-13-5-3-2-4-11(12)13/h2-5,9-10,15H,6-8H2,1H3/t10-/m0/s1. The number of nitrogens with one attached hydrogen (secondary N) is 1. The van der Waals surface area contributed by atoms with E-state index in [0.717, 1.165) is 30.6 Å². The summed E-state index contributed by atoms with van der Waals surface area (Å²) in [5.74, 6) is 0.0638. The van der Waals surface area contributed by atoms with Crippen molar-refractivity contribution in [3.8, 4) is 0 Å². The number of hydrogen-bond acceptors (Lipinski definition) is 3. The second-order valence-electron chi connectivity index (χ2n) is 4.70. The molecule has 3 rings (SSSR count). The molecule has 0 unspecified atom stereocenters. The number of nitrogens with zero attached hydrogens (tertiary/aromatic N) is 1. The summed E-state index contributed by atoms with van der Waals surface area (Å²) < 4.78 is 5.43. The van der Waals surface area contributed by atoms with Gasteiger partial charge in [-0.25, -0.2) is 0 Å². The summed E-state index contributed by atoms with van der Waals surface area (Å²) in [5.41, 5.74) is 1.43. The third-order valence-corrected chi connectivity index (χ3v) is 3.47. The number of carbonyl (C=O) groups is 1. The Hall–Kier alpha value is -1.81. The number of piperazine rings is 1. The van der Waals surface area contributed by atoms with Gasteiger partial charge in [-0.1, -0.05) is 18.2 Å². The fraction of sp³-hybridized carbons (Fsp3) is 0.357. The molecule has 0 bridgehead atoms. The van der Waals surface area contributed by atoms with Crippen LogP contribution < -0.4 is 5.32 Å². The Labute approximate surface area is 106 Å². The van der Waals surface area contributed by atoms with E-state index in [0.29, 0.717) is 5.56 Å². The molecule has 0 radical (unpaired) electrons. The van der Waals surface area contributed by atoms with E-state index in [1.54, 1.807) is 6.26 Å². The summed E-state index contributed by atoms with van der Waals surface area (Å²) in [7, 11) is 0. The number of amides is 1. The van der Waals surface area contributed by atoms with Gasteiger partial charge in [0.15, 0.2) is 0 Å². The molecular weight excluding hydrogens is 228 g/mol. The first-order valence-electron chi connectivity index (χ1n) is 6.25. The van der Waals surface area contributed by atoms with Crippen molar-refractivity contribution >= 4 is 16.9 Å². The van der Waals surface area contributed by atoms with Gasteiger partial charge in [-0.05, 0) is 13.0 Å². The van der Waals surface area contributed by atoms with Crippen molar-refractivity contribution in [1.82, 2.24) is 10.2 Å². The van der Waals surface area contributed by atoms with E-state index in [4.69, 9.17) is 4.42 Å². The molecule has 1 amide bonds. The molecule has 1 aliphatic rings. The number of furan rings is 1. The van der Waals surface area contributed by atoms with Crippen LogP contribution in [0.4, 0.5) is 0 Å². The van der Waals surface area contributed by atoms with E-state index in [1.807, 2.05) is 29.2 Å². The topological polar surface area (TPSA) is 45.5 Å². The van der Waals surface area contributed by atoms with Crippen molar-refractivity contribution in [1.29, 1.82) is 0 Å². The first kappa shape index (κ1) is 11.3. The molecule has 1 aliphatic heterocycles. The zero-order chi connectivity index (χ0) is 12.5. The summed E-state index contributed by atoms with van der Waals surface area (Å²) in [4.78, 5) is 14.4. The molecule has 0 spiro atoms. The minimum absolute atomic E-state index is 0.0638. The largest absolute Gasteiger partial charge is 0.463 e. The van der Waals surface area contributed by atoms with Crippen LogP contribution in [0.3, 0.4) is 0 Å². The molecule has 1 atom stereocenters. The highest BCUT2D eigenvalue weighted by Gasteiger charge is 2.26. The van der Waals surface area contributed by atoms with Crippen LogP contribution in [0.15, 0.2) is 34.9 Å². The van der Waals surface area contributed by atoms with Crippen LogP contribution in [-0.2, 0) is 0 Å². The highest BCUT2D eigenvalue weighted by atomic mass is 16.3. The maximum Gasteiger partial charge on any atom is 0.258 e. The van der Waals surface area contributed by atoms with Gasteiger partial charge in [0.2, 0.25) is 0 Å². The van der Waals surface area contributed by atoms with Gasteiger partial charge in [0, 0.05) is 31.1 Å². The lowest BCUT2D eigenvalue weighted by atomic mass is 10.1. The van der Waals surface area contributed by atoms with Gasteiger partial charge in [0.05, 0.1) is 5.56 Å². The molecule has 18 heavy (non-hydrogen) atoms. The molecule has 2 heterocycles. The van der Waals surface area contributed by atoms with Gasteiger partial charge in [-0.15, -0.1) is 0 Å². The molecule has 1 saturated heterocycles. The van der Waals surface area contributed by atoms with Crippen LogP contribution in [0.25, 0.3) is 11.0 Å². The summed E-state index contributed by atoms with van der Waals surface area (Å²) in [6.45, 7) is 4.51. The molecule has 4 heteroatoms. The zero-order valence-corrected chi connectivity index (χ0v) is 10.3. The van der Waals surface area contributed by atoms with Crippen LogP contribution in [0, 0.1) is 0 Å². The van der Waals surface area contributed by atoms with E-state index in [9.17, 15) is 4.79 Å². The number of carbonyl (C=O) groups excluding carboxylic acids is 1. The Bertz CT molecular complexity index is 576. The second kappa shape index (κ2) is 4.46. The normalized spacial score (nSPS) is 20.3. The zero-order valence-electron chi connectivity index (χ0n) is 10.3. The third kappa shape index (κ3) is 1.78. The van der Waals surface area contributed by atoms with Crippen molar-refractivity contribution in [2.24, 2.45) is 0 Å². The predicted octanol–water partition coefficient (Wildman–Crippen LogP) is 1.87. The van der Waals surface area contributed by atoms with Crippen LogP contribution in [-0.4, -0.2) is 36.5 Å². The van der Waals surface area contributed by atoms with E-state index in [-0.39, 0.29) is 11.9 Å². The Balaban J connectivity index is 1.96. The van der Waals surface area contributed by atoms with Crippen LogP contribution in [0.5, 0.6) is 0 Å². The Morgan fingerprint density at radius 3 is 3.11 bits per heavy atom. The molecule has 0 aliphatic carbocycles. The predicted molar refractivity (Wildman–Crippen MR) is 69.6 cm³/mol. The van der Waals surface area contributed by atoms with E-state index < -0.39 is 0 Å². The number of hydrogen-bond donors (Lipinski definition) is 1. The van der Waals surface area contributed by atoms with Crippen molar-refractivity contribution in [2.45, 2.75) is 13.0 Å². The van der Waals surface area contributed by atoms with Crippen molar-refractivity contribution in [3.05, 3.63) is 36.1 Å². The van der Waals surface area contributed by atoms with Crippen LogP contribution in [0.2, 0.25) is 0 Å². The van der Waals surface area contributed by atoms with Crippen molar-refractivity contribution < 1.29 is 9.21 Å². The molecular formula is C14H16N2O2. The number of para-hydroxylation sites is 1. The molecule has 1 fully saturated rings. The molecule has 94 valence electrons. The molecule has 1 aromatic carbocycles. The van der Waals surface area contributed by atoms with Gasteiger partial charge in [-0.3, -0.25) is 4.79 Å². The average Bonchev–Trinajstić information content (AvgIpc) is 2.82. The molecule has 1 aromatic heterocycles. The minimum atomic E-state index is 0.0638. The summed E-state index contributed by atoms with van der Waals surface area (Å²) in [6, 6.07) is 7.87. The molecule has 2 aromatic rings. The fourth-order valence-electron chi connectivity index (χ4n) is 2.44. The maximum atomic E-state index is 12.5. The summed E-state index contributed by atoms with van der Waals surface area (Å²) >= 11 is 0. The van der Waals surface area contributed by atoms with Crippen LogP contribution in [0.1, 0.15) is 17.3 Å². The van der Waals surface area contributed by atoms with Crippen LogP contribution >= 0.6 is 0 Å². The first-order chi connectivity index (χ1) is 8.77. The number of rotatable bonds is 1. The summed E-state index contributed by atoms with van der Waals surface area (Å²) in [5, 5.41) is 4.18.